The van der Waals surface area contributed by atoms with Gasteiger partial charge in [-0.15, -0.1) is 0 Å². The van der Waals surface area contributed by atoms with E-state index in [0.717, 1.165) is 0 Å². The van der Waals surface area contributed by atoms with Crippen LogP contribution in [-0.2, 0) is 5.41 Å². The van der Waals surface area contributed by atoms with Gasteiger partial charge >= 0.3 is 0 Å². The van der Waals surface area contributed by atoms with Gasteiger partial charge in [0, 0.05) is 19.6 Å². The van der Waals surface area contributed by atoms with E-state index in [9.17, 15) is 0 Å². The Morgan fingerprint density at radius 1 is 0.486 bits per heavy atom. The monoisotopic (exact) mass is 510 g/mol. The molecule has 178 valence electrons. The summed E-state index contributed by atoms with van der Waals surface area (Å²) < 4.78 is 0. The van der Waals surface area contributed by atoms with Gasteiger partial charge in [-0.1, -0.05) is 140 Å². The minimum atomic E-state index is 0.108. The van der Waals surface area contributed by atoms with Gasteiger partial charge in [0.15, 0.2) is 0 Å². The first-order valence-electron chi connectivity index (χ1n) is 12.9. The van der Waals surface area contributed by atoms with Crippen LogP contribution in [0.15, 0.2) is 129 Å². The van der Waals surface area contributed by atoms with E-state index in [1.165, 1.54) is 63.8 Å². The Kier molecular flexibility index (Phi) is 5.42. The van der Waals surface area contributed by atoms with Crippen molar-refractivity contribution >= 4 is 46.6 Å². The molecule has 0 radical (unpaired) electrons. The first-order chi connectivity index (χ1) is 18.0. The molecule has 5 aromatic rings. The molecular weight excluding hydrogens is 483 g/mol. The largest absolute Gasteiger partial charge is 0.247 e. The van der Waals surface area contributed by atoms with Gasteiger partial charge in [0.25, 0.3) is 0 Å². The Labute approximate surface area is 228 Å². The van der Waals surface area contributed by atoms with E-state index in [1.54, 1.807) is 0 Å². The molecule has 0 nitrogen and oxygen atoms in total. The van der Waals surface area contributed by atoms with Crippen LogP contribution in [0.5, 0.6) is 0 Å². The highest BCUT2D eigenvalue weighted by Gasteiger charge is 2.39. The molecule has 0 atom stereocenters. The van der Waals surface area contributed by atoms with Crippen molar-refractivity contribution in [1.29, 1.82) is 0 Å². The minimum Gasteiger partial charge on any atom is -0.0911 e. The van der Waals surface area contributed by atoms with Crippen molar-refractivity contribution in [3.05, 3.63) is 115 Å². The minimum absolute atomic E-state index is 0.108. The molecule has 3 heteroatoms. The molecule has 0 aliphatic carbocycles. The average Bonchev–Trinajstić information content (AvgIpc) is 2.92. The molecule has 0 saturated heterocycles. The van der Waals surface area contributed by atoms with Crippen LogP contribution in [0.25, 0.3) is 22.3 Å². The van der Waals surface area contributed by atoms with Crippen LogP contribution >= 0.6 is 23.5 Å². The van der Waals surface area contributed by atoms with Crippen LogP contribution < -0.4 is 16.4 Å². The van der Waals surface area contributed by atoms with Gasteiger partial charge in [0.2, 0.25) is 6.71 Å². The summed E-state index contributed by atoms with van der Waals surface area (Å²) in [7, 11) is 0. The van der Waals surface area contributed by atoms with Crippen molar-refractivity contribution in [3.8, 4) is 22.3 Å². The van der Waals surface area contributed by atoms with Crippen molar-refractivity contribution in [1.82, 2.24) is 0 Å². The fraction of sp³-hybridized carbons (Fsp3) is 0.118. The van der Waals surface area contributed by atoms with Gasteiger partial charge in [-0.2, -0.15) is 0 Å². The lowest BCUT2D eigenvalue weighted by Crippen LogP contribution is -2.58. The van der Waals surface area contributed by atoms with Crippen LogP contribution in [0, 0.1) is 0 Å². The summed E-state index contributed by atoms with van der Waals surface area (Å²) in [6.45, 7) is 7.19. The Bertz CT molecular complexity index is 1540. The van der Waals surface area contributed by atoms with Gasteiger partial charge in [-0.25, -0.2) is 0 Å². The Balaban J connectivity index is 1.47. The third-order valence-electron chi connectivity index (χ3n) is 7.55. The maximum Gasteiger partial charge on any atom is 0.247 e. The lowest BCUT2D eigenvalue weighted by Gasteiger charge is -2.35. The summed E-state index contributed by atoms with van der Waals surface area (Å²) in [6.07, 6.45) is 0. The van der Waals surface area contributed by atoms with Gasteiger partial charge in [0.1, 0.15) is 0 Å². The van der Waals surface area contributed by atoms with E-state index in [1.807, 2.05) is 23.5 Å². The molecule has 0 saturated carbocycles. The SMILES string of the molecule is CC(C)(C)c1cc2c3c(c1)Sc1ccc(-c4ccccc4)cc1B3c1cc(-c3ccccc3)ccc1S2. The molecule has 2 aliphatic rings. The summed E-state index contributed by atoms with van der Waals surface area (Å²) in [4.78, 5) is 5.57. The van der Waals surface area contributed by atoms with Gasteiger partial charge in [-0.05, 0) is 63.0 Å². The molecule has 0 unspecified atom stereocenters. The lowest BCUT2D eigenvalue weighted by atomic mass is 9.36. The molecule has 2 heterocycles. The predicted molar refractivity (Wildman–Crippen MR) is 162 cm³/mol. The van der Waals surface area contributed by atoms with Crippen molar-refractivity contribution in [2.75, 3.05) is 0 Å². The van der Waals surface area contributed by atoms with Crippen LogP contribution in [-0.4, -0.2) is 6.71 Å². The maximum absolute atomic E-state index is 2.46. The van der Waals surface area contributed by atoms with E-state index in [4.69, 9.17) is 0 Å². The zero-order valence-corrected chi connectivity index (χ0v) is 22.9. The molecule has 0 spiro atoms. The van der Waals surface area contributed by atoms with Crippen molar-refractivity contribution in [3.63, 3.8) is 0 Å². The van der Waals surface area contributed by atoms with Gasteiger partial charge in [0.05, 0.1) is 0 Å². The van der Waals surface area contributed by atoms with E-state index in [-0.39, 0.29) is 12.1 Å². The Hall–Kier alpha value is -3.14. The van der Waals surface area contributed by atoms with Crippen LogP contribution in [0.2, 0.25) is 0 Å². The zero-order chi connectivity index (χ0) is 25.1. The van der Waals surface area contributed by atoms with Crippen LogP contribution in [0.1, 0.15) is 26.3 Å². The topological polar surface area (TPSA) is 0 Å². The summed E-state index contributed by atoms with van der Waals surface area (Å²) in [5.74, 6) is 0. The normalized spacial score (nSPS) is 13.5. The van der Waals surface area contributed by atoms with E-state index in [0.29, 0.717) is 0 Å². The number of rotatable bonds is 2. The number of fused-ring (bicyclic) bond motifs is 4. The standard InChI is InChI=1S/C34H27BS2/c1-34(2,3)26-20-31-33-32(21-26)37-30-17-15-25(23-12-8-5-9-13-23)19-28(30)35(33)27-18-24(14-16-29(27)36-31)22-10-6-4-7-11-22/h4-21H,1-3H3. The summed E-state index contributed by atoms with van der Waals surface area (Å²) in [6, 6.07) is 40.6. The molecule has 2 aliphatic heterocycles. The van der Waals surface area contributed by atoms with Crippen LogP contribution in [0.3, 0.4) is 0 Å². The molecule has 37 heavy (non-hydrogen) atoms. The Morgan fingerprint density at radius 3 is 1.38 bits per heavy atom. The van der Waals surface area contributed by atoms with Crippen molar-refractivity contribution in [2.45, 2.75) is 45.8 Å². The third kappa shape index (κ3) is 3.96. The summed E-state index contributed by atoms with van der Waals surface area (Å²) >= 11 is 3.89. The molecule has 0 amide bonds. The van der Waals surface area contributed by atoms with E-state index < -0.39 is 0 Å². The number of hydrogen-bond acceptors (Lipinski definition) is 2. The third-order valence-corrected chi connectivity index (χ3v) is 9.85. The lowest BCUT2D eigenvalue weighted by molar-refractivity contribution is 0.587. The van der Waals surface area contributed by atoms with Gasteiger partial charge < -0.3 is 0 Å². The van der Waals surface area contributed by atoms with Crippen LogP contribution in [0.4, 0.5) is 0 Å². The molecule has 5 aromatic carbocycles. The molecule has 7 rings (SSSR count). The second-order valence-corrected chi connectivity index (χ2v) is 13.2. The second-order valence-electron chi connectivity index (χ2n) is 11.0. The Morgan fingerprint density at radius 2 is 0.946 bits per heavy atom. The molecule has 0 N–H and O–H groups in total. The smallest absolute Gasteiger partial charge is 0.0911 e. The highest BCUT2D eigenvalue weighted by Crippen LogP contribution is 2.42. The second kappa shape index (κ2) is 8.72. The van der Waals surface area contributed by atoms with E-state index in [2.05, 4.69) is 130 Å². The molecule has 0 aromatic heterocycles. The number of hydrogen-bond donors (Lipinski definition) is 0. The summed E-state index contributed by atoms with van der Waals surface area (Å²) in [5.41, 5.74) is 11.0. The predicted octanol–water partition coefficient (Wildman–Crippen LogP) is 7.76. The summed E-state index contributed by atoms with van der Waals surface area (Å²) in [5, 5.41) is 0. The van der Waals surface area contributed by atoms with Gasteiger partial charge in [-0.3, -0.25) is 0 Å². The quantitative estimate of drug-likeness (QED) is 0.218. The van der Waals surface area contributed by atoms with Crippen molar-refractivity contribution in [2.24, 2.45) is 0 Å². The highest BCUT2D eigenvalue weighted by atomic mass is 32.2. The number of benzene rings is 5. The molecule has 0 bridgehead atoms. The van der Waals surface area contributed by atoms with E-state index >= 15 is 0 Å². The van der Waals surface area contributed by atoms with Crippen molar-refractivity contribution < 1.29 is 0 Å². The highest BCUT2D eigenvalue weighted by molar-refractivity contribution is 8.01. The average molecular weight is 511 g/mol. The molecular formula is C34H27BS2. The first-order valence-corrected chi connectivity index (χ1v) is 14.5. The zero-order valence-electron chi connectivity index (χ0n) is 21.3. The molecule has 0 fully saturated rings. The fourth-order valence-corrected chi connectivity index (χ4v) is 8.00. The maximum atomic E-state index is 2.46. The first kappa shape index (κ1) is 23.0. The fourth-order valence-electron chi connectivity index (χ4n) is 5.56.